The van der Waals surface area contributed by atoms with Crippen LogP contribution in [0.3, 0.4) is 0 Å². The molecule has 0 unspecified atom stereocenters. The molecule has 0 fully saturated rings. The van der Waals surface area contributed by atoms with Crippen LogP contribution in [0, 0.1) is 0 Å². The molecule has 0 saturated heterocycles. The number of aliphatic carboxylic acids is 1. The number of carboxylic acids is 1. The Balaban J connectivity index is 2.84. The number of hydrogen-bond donors (Lipinski definition) is 2. The second kappa shape index (κ2) is 6.13. The maximum absolute atomic E-state index is 12.1. The van der Waals surface area contributed by atoms with Crippen LogP contribution < -0.4 is 0 Å². The third-order valence-electron chi connectivity index (χ3n) is 2.40. The SMILES string of the molecule is CCCc1nc(C(=O)N(CC(=O)O)C(C)C)n[nH]1. The summed E-state index contributed by atoms with van der Waals surface area (Å²) in [5.74, 6) is -0.861. The van der Waals surface area contributed by atoms with Crippen LogP contribution in [-0.4, -0.2) is 49.7 Å². The Bertz CT molecular complexity index is 428. The van der Waals surface area contributed by atoms with Crippen LogP contribution in [0.5, 0.6) is 0 Å². The first-order valence-corrected chi connectivity index (χ1v) is 5.89. The Kier molecular flexibility index (Phi) is 4.82. The largest absolute Gasteiger partial charge is 0.480 e. The molecule has 0 aromatic carbocycles. The predicted molar refractivity (Wildman–Crippen MR) is 64.2 cm³/mol. The van der Waals surface area contributed by atoms with Crippen molar-refractivity contribution in [3.63, 3.8) is 0 Å². The van der Waals surface area contributed by atoms with Crippen molar-refractivity contribution in [3.8, 4) is 0 Å². The molecule has 0 radical (unpaired) electrons. The van der Waals surface area contributed by atoms with E-state index in [1.165, 1.54) is 4.90 Å². The summed E-state index contributed by atoms with van der Waals surface area (Å²) in [5, 5.41) is 15.3. The van der Waals surface area contributed by atoms with Crippen molar-refractivity contribution in [3.05, 3.63) is 11.6 Å². The average Bonchev–Trinajstić information content (AvgIpc) is 2.73. The molecule has 18 heavy (non-hydrogen) atoms. The molecule has 0 bridgehead atoms. The van der Waals surface area contributed by atoms with E-state index in [0.29, 0.717) is 12.2 Å². The molecule has 1 amide bonds. The molecule has 1 aromatic rings. The highest BCUT2D eigenvalue weighted by atomic mass is 16.4. The molecule has 100 valence electrons. The summed E-state index contributed by atoms with van der Waals surface area (Å²) in [6.45, 7) is 5.14. The topological polar surface area (TPSA) is 99.2 Å². The van der Waals surface area contributed by atoms with Gasteiger partial charge in [-0.05, 0) is 20.3 Å². The van der Waals surface area contributed by atoms with Gasteiger partial charge in [-0.3, -0.25) is 14.7 Å². The fraction of sp³-hybridized carbons (Fsp3) is 0.636. The van der Waals surface area contributed by atoms with Gasteiger partial charge in [-0.1, -0.05) is 6.92 Å². The second-order valence-electron chi connectivity index (χ2n) is 4.28. The van der Waals surface area contributed by atoms with E-state index in [-0.39, 0.29) is 18.4 Å². The fourth-order valence-corrected chi connectivity index (χ4v) is 1.50. The molecule has 7 heteroatoms. The number of aromatic amines is 1. The lowest BCUT2D eigenvalue weighted by atomic mass is 10.3. The van der Waals surface area contributed by atoms with Gasteiger partial charge in [-0.25, -0.2) is 4.98 Å². The number of nitrogens with zero attached hydrogens (tertiary/aromatic N) is 3. The van der Waals surface area contributed by atoms with Gasteiger partial charge in [0.15, 0.2) is 0 Å². The lowest BCUT2D eigenvalue weighted by Gasteiger charge is -2.23. The summed E-state index contributed by atoms with van der Waals surface area (Å²) >= 11 is 0. The van der Waals surface area contributed by atoms with E-state index in [0.717, 1.165) is 6.42 Å². The average molecular weight is 254 g/mol. The summed E-state index contributed by atoms with van der Waals surface area (Å²) in [6.07, 6.45) is 1.60. The zero-order valence-corrected chi connectivity index (χ0v) is 10.8. The highest BCUT2D eigenvalue weighted by Gasteiger charge is 2.24. The van der Waals surface area contributed by atoms with E-state index in [1.54, 1.807) is 13.8 Å². The molecule has 0 saturated carbocycles. The quantitative estimate of drug-likeness (QED) is 0.778. The molecule has 0 spiro atoms. The van der Waals surface area contributed by atoms with Crippen LogP contribution >= 0.6 is 0 Å². The molecule has 0 atom stereocenters. The van der Waals surface area contributed by atoms with Crippen molar-refractivity contribution >= 4 is 11.9 Å². The number of rotatable bonds is 6. The van der Waals surface area contributed by atoms with Crippen LogP contribution in [0.1, 0.15) is 43.6 Å². The summed E-state index contributed by atoms with van der Waals surface area (Å²) < 4.78 is 0. The van der Waals surface area contributed by atoms with Gasteiger partial charge >= 0.3 is 5.97 Å². The van der Waals surface area contributed by atoms with Gasteiger partial charge in [0, 0.05) is 12.5 Å². The third kappa shape index (κ3) is 3.54. The number of carbonyl (C=O) groups excluding carboxylic acids is 1. The highest BCUT2D eigenvalue weighted by molar-refractivity contribution is 5.92. The number of aromatic nitrogens is 3. The maximum atomic E-state index is 12.1. The van der Waals surface area contributed by atoms with Crippen molar-refractivity contribution < 1.29 is 14.7 Å². The van der Waals surface area contributed by atoms with Crippen LogP contribution in [0.4, 0.5) is 0 Å². The van der Waals surface area contributed by atoms with E-state index in [4.69, 9.17) is 5.11 Å². The number of hydrogen-bond acceptors (Lipinski definition) is 4. The van der Waals surface area contributed by atoms with Crippen LogP contribution in [0.25, 0.3) is 0 Å². The Morgan fingerprint density at radius 1 is 1.44 bits per heavy atom. The van der Waals surface area contributed by atoms with Crippen LogP contribution in [0.15, 0.2) is 0 Å². The Labute approximate surface area is 105 Å². The number of carboxylic acid groups (broad SMARTS) is 1. The number of carbonyl (C=O) groups is 2. The van der Waals surface area contributed by atoms with E-state index in [1.807, 2.05) is 6.92 Å². The van der Waals surface area contributed by atoms with Crippen molar-refractivity contribution in [1.29, 1.82) is 0 Å². The highest BCUT2D eigenvalue weighted by Crippen LogP contribution is 2.05. The second-order valence-corrected chi connectivity index (χ2v) is 4.28. The zero-order chi connectivity index (χ0) is 13.7. The molecule has 0 aliphatic heterocycles. The summed E-state index contributed by atoms with van der Waals surface area (Å²) in [4.78, 5) is 28.1. The van der Waals surface area contributed by atoms with Gasteiger partial charge < -0.3 is 10.0 Å². The molecule has 1 rings (SSSR count). The molecule has 1 heterocycles. The minimum Gasteiger partial charge on any atom is -0.480 e. The molecule has 2 N–H and O–H groups in total. The normalized spacial score (nSPS) is 10.7. The van der Waals surface area contributed by atoms with Crippen molar-refractivity contribution in [2.75, 3.05) is 6.54 Å². The van der Waals surface area contributed by atoms with Crippen LogP contribution in [0.2, 0.25) is 0 Å². The fourth-order valence-electron chi connectivity index (χ4n) is 1.50. The number of H-pyrrole nitrogens is 1. The molecule has 0 aliphatic rings. The summed E-state index contributed by atoms with van der Waals surface area (Å²) in [6, 6.07) is -0.221. The molecule has 0 aliphatic carbocycles. The van der Waals surface area contributed by atoms with Crippen molar-refractivity contribution in [2.45, 2.75) is 39.7 Å². The zero-order valence-electron chi connectivity index (χ0n) is 10.8. The smallest absolute Gasteiger partial charge is 0.323 e. The van der Waals surface area contributed by atoms with Gasteiger partial charge in [-0.2, -0.15) is 0 Å². The number of amides is 1. The van der Waals surface area contributed by atoms with Gasteiger partial charge in [0.25, 0.3) is 5.91 Å². The van der Waals surface area contributed by atoms with Gasteiger partial charge in [0.05, 0.1) is 0 Å². The molecular formula is C11H18N4O3. The monoisotopic (exact) mass is 254 g/mol. The van der Waals surface area contributed by atoms with Gasteiger partial charge in [0.1, 0.15) is 12.4 Å². The first kappa shape index (κ1) is 14.1. The van der Waals surface area contributed by atoms with E-state index >= 15 is 0 Å². The lowest BCUT2D eigenvalue weighted by Crippen LogP contribution is -2.41. The Morgan fingerprint density at radius 3 is 2.61 bits per heavy atom. The first-order valence-electron chi connectivity index (χ1n) is 5.89. The predicted octanol–water partition coefficient (Wildman–Crippen LogP) is 0.692. The van der Waals surface area contributed by atoms with E-state index in [9.17, 15) is 9.59 Å². The summed E-state index contributed by atoms with van der Waals surface area (Å²) in [5.41, 5.74) is 0. The minimum atomic E-state index is -1.05. The lowest BCUT2D eigenvalue weighted by molar-refractivity contribution is -0.138. The maximum Gasteiger partial charge on any atom is 0.323 e. The number of aryl methyl sites for hydroxylation is 1. The standard InChI is InChI=1S/C11H18N4O3/c1-4-5-8-12-10(14-13-8)11(18)15(7(2)3)6-9(16)17/h7H,4-6H2,1-3H3,(H,16,17)(H,12,13,14). The minimum absolute atomic E-state index is 0.0217. The van der Waals surface area contributed by atoms with Gasteiger partial charge in [0.2, 0.25) is 5.82 Å². The molecule has 7 nitrogen and oxygen atoms in total. The number of nitrogens with one attached hydrogen (secondary N) is 1. The van der Waals surface area contributed by atoms with Crippen LogP contribution in [-0.2, 0) is 11.2 Å². The Morgan fingerprint density at radius 2 is 2.11 bits per heavy atom. The Hall–Kier alpha value is -1.92. The molecular weight excluding hydrogens is 236 g/mol. The van der Waals surface area contributed by atoms with Crippen molar-refractivity contribution in [1.82, 2.24) is 20.1 Å². The van der Waals surface area contributed by atoms with E-state index < -0.39 is 11.9 Å². The van der Waals surface area contributed by atoms with Gasteiger partial charge in [-0.15, -0.1) is 5.10 Å². The molecule has 1 aromatic heterocycles. The summed E-state index contributed by atoms with van der Waals surface area (Å²) in [7, 11) is 0. The third-order valence-corrected chi connectivity index (χ3v) is 2.40. The van der Waals surface area contributed by atoms with E-state index in [2.05, 4.69) is 15.2 Å². The van der Waals surface area contributed by atoms with Crippen molar-refractivity contribution in [2.24, 2.45) is 0 Å². The first-order chi connectivity index (χ1) is 8.45.